The van der Waals surface area contributed by atoms with Crippen LogP contribution in [0.15, 0.2) is 24.4 Å². The molecule has 1 aliphatic carbocycles. The van der Waals surface area contributed by atoms with Crippen LogP contribution in [-0.4, -0.2) is 61.6 Å². The Kier molecular flexibility index (Phi) is 6.22. The van der Waals surface area contributed by atoms with Crippen molar-refractivity contribution in [3.05, 3.63) is 41.5 Å². The van der Waals surface area contributed by atoms with E-state index >= 15 is 0 Å². The van der Waals surface area contributed by atoms with E-state index in [1.807, 2.05) is 0 Å². The van der Waals surface area contributed by atoms with Gasteiger partial charge in [-0.05, 0) is 24.6 Å². The van der Waals surface area contributed by atoms with Crippen LogP contribution >= 0.6 is 11.8 Å². The number of nitrogens with zero attached hydrogens (tertiary/aromatic N) is 4. The summed E-state index contributed by atoms with van der Waals surface area (Å²) in [5.74, 6) is -5.99. The fourth-order valence-electron chi connectivity index (χ4n) is 3.89. The van der Waals surface area contributed by atoms with Crippen LogP contribution in [0, 0.1) is 17.1 Å². The van der Waals surface area contributed by atoms with Crippen LogP contribution in [0.25, 0.3) is 0 Å². The molecule has 0 unspecified atom stereocenters. The molecule has 1 aliphatic heterocycles. The Morgan fingerprint density at radius 3 is 2.65 bits per heavy atom. The van der Waals surface area contributed by atoms with E-state index in [9.17, 15) is 27.6 Å². The first-order valence-corrected chi connectivity index (χ1v) is 11.1. The predicted molar refractivity (Wildman–Crippen MR) is 113 cm³/mol. The van der Waals surface area contributed by atoms with Gasteiger partial charge in [0.05, 0.1) is 28.4 Å². The molecule has 2 aliphatic rings. The zero-order chi connectivity index (χ0) is 24.5. The van der Waals surface area contributed by atoms with E-state index in [-0.39, 0.29) is 35.8 Å². The molecule has 1 aromatic carbocycles. The highest BCUT2D eigenvalue weighted by Gasteiger charge is 2.60. The molecular formula is C20H18F3N7O3S. The molecule has 1 saturated carbocycles. The monoisotopic (exact) mass is 493 g/mol. The Balaban J connectivity index is 1.32. The van der Waals surface area contributed by atoms with Crippen molar-refractivity contribution in [3.8, 4) is 6.07 Å². The summed E-state index contributed by atoms with van der Waals surface area (Å²) in [5.41, 5.74) is -1.31. The topological polar surface area (TPSA) is 144 Å². The molecule has 2 fully saturated rings. The number of amides is 3. The molecule has 1 saturated heterocycles. The Bertz CT molecular complexity index is 1150. The summed E-state index contributed by atoms with van der Waals surface area (Å²) in [7, 11) is 0. The SMILES string of the molecule is N#Cc1cc(NC(=O)[C@H]2CCN(C(=O)C(=O)NC3(c4cn[nH]n4)CC(F)(F)C3)CS2)ccc1F. The van der Waals surface area contributed by atoms with Gasteiger partial charge in [-0.2, -0.15) is 20.7 Å². The minimum absolute atomic E-state index is 0.0321. The lowest BCUT2D eigenvalue weighted by Gasteiger charge is -2.46. The average molecular weight is 493 g/mol. The Labute approximate surface area is 195 Å². The maximum atomic E-state index is 13.6. The zero-order valence-corrected chi connectivity index (χ0v) is 18.3. The third kappa shape index (κ3) is 4.69. The summed E-state index contributed by atoms with van der Waals surface area (Å²) in [5, 5.41) is 23.0. The van der Waals surface area contributed by atoms with E-state index < -0.39 is 53.1 Å². The second-order valence-corrected chi connectivity index (χ2v) is 9.20. The van der Waals surface area contributed by atoms with Crippen molar-refractivity contribution in [2.45, 2.75) is 36.0 Å². The number of benzene rings is 1. The number of carbonyl (C=O) groups is 3. The number of hydrogen-bond donors (Lipinski definition) is 3. The first kappa shape index (κ1) is 23.6. The molecule has 14 heteroatoms. The predicted octanol–water partition coefficient (Wildman–Crippen LogP) is 1.49. The first-order valence-electron chi connectivity index (χ1n) is 10.1. The summed E-state index contributed by atoms with van der Waals surface area (Å²) >= 11 is 1.12. The number of hydrogen-bond acceptors (Lipinski definition) is 7. The number of rotatable bonds is 4. The van der Waals surface area contributed by atoms with Crippen molar-refractivity contribution in [1.82, 2.24) is 25.6 Å². The van der Waals surface area contributed by atoms with Crippen LogP contribution in [0.1, 0.15) is 30.5 Å². The van der Waals surface area contributed by atoms with E-state index in [0.717, 1.165) is 17.8 Å². The molecule has 4 rings (SSSR count). The van der Waals surface area contributed by atoms with Gasteiger partial charge in [0, 0.05) is 25.1 Å². The molecule has 0 spiro atoms. The van der Waals surface area contributed by atoms with Crippen molar-refractivity contribution < 1.29 is 27.6 Å². The van der Waals surface area contributed by atoms with Crippen molar-refractivity contribution in [2.24, 2.45) is 0 Å². The third-order valence-electron chi connectivity index (χ3n) is 5.60. The standard InChI is InChI=1S/C20H18F3N7O3S/c21-13-2-1-12(5-11(13)6-24)26-16(31)14-3-4-30(10-34-14)18(33)17(32)27-19(8-20(22,23)9-19)15-7-25-29-28-15/h1-2,5,7,14H,3-4,8-10H2,(H,26,31)(H,27,32)(H,25,28,29)/t14-/m1/s1. The molecule has 178 valence electrons. The van der Waals surface area contributed by atoms with Crippen LogP contribution in [0.4, 0.5) is 18.9 Å². The van der Waals surface area contributed by atoms with Crippen LogP contribution in [0.3, 0.4) is 0 Å². The number of carbonyl (C=O) groups excluding carboxylic acids is 3. The summed E-state index contributed by atoms with van der Waals surface area (Å²) in [6, 6.07) is 5.31. The molecule has 1 atom stereocenters. The summed E-state index contributed by atoms with van der Waals surface area (Å²) in [6.07, 6.45) is 0.0634. The van der Waals surface area contributed by atoms with Crippen LogP contribution in [0.5, 0.6) is 0 Å². The van der Waals surface area contributed by atoms with E-state index in [1.54, 1.807) is 6.07 Å². The largest absolute Gasteiger partial charge is 0.336 e. The number of halogens is 3. The minimum Gasteiger partial charge on any atom is -0.336 e. The lowest BCUT2D eigenvalue weighted by Crippen LogP contribution is -2.62. The number of aromatic amines is 1. The molecule has 3 amide bonds. The first-order chi connectivity index (χ1) is 16.1. The third-order valence-corrected chi connectivity index (χ3v) is 6.91. The second-order valence-electron chi connectivity index (χ2n) is 8.04. The number of thioether (sulfide) groups is 1. The molecule has 34 heavy (non-hydrogen) atoms. The fourth-order valence-corrected chi connectivity index (χ4v) is 4.98. The lowest BCUT2D eigenvalue weighted by molar-refractivity contribution is -0.159. The second kappa shape index (κ2) is 8.98. The number of nitrogens with one attached hydrogen (secondary N) is 3. The van der Waals surface area contributed by atoms with Gasteiger partial charge in [-0.15, -0.1) is 11.8 Å². The van der Waals surface area contributed by atoms with Gasteiger partial charge in [-0.3, -0.25) is 14.4 Å². The van der Waals surface area contributed by atoms with Crippen molar-refractivity contribution in [3.63, 3.8) is 0 Å². The van der Waals surface area contributed by atoms with Gasteiger partial charge in [0.15, 0.2) is 0 Å². The number of aromatic nitrogens is 3. The highest BCUT2D eigenvalue weighted by Crippen LogP contribution is 2.50. The average Bonchev–Trinajstić information content (AvgIpc) is 3.34. The van der Waals surface area contributed by atoms with E-state index in [2.05, 4.69) is 26.0 Å². The smallest absolute Gasteiger partial charge is 0.312 e. The van der Waals surface area contributed by atoms with Gasteiger partial charge in [0.2, 0.25) is 5.91 Å². The summed E-state index contributed by atoms with van der Waals surface area (Å²) in [6.45, 7) is 0.0946. The van der Waals surface area contributed by atoms with Gasteiger partial charge < -0.3 is 15.5 Å². The Hall–Kier alpha value is -3.60. The lowest BCUT2D eigenvalue weighted by atomic mass is 9.71. The van der Waals surface area contributed by atoms with Crippen molar-refractivity contribution in [1.29, 1.82) is 5.26 Å². The fraction of sp³-hybridized carbons (Fsp3) is 0.400. The minimum atomic E-state index is -2.99. The normalized spacial score (nSPS) is 20.5. The molecule has 0 bridgehead atoms. The van der Waals surface area contributed by atoms with Crippen molar-refractivity contribution in [2.75, 3.05) is 17.7 Å². The maximum Gasteiger partial charge on any atom is 0.312 e. The van der Waals surface area contributed by atoms with E-state index in [1.165, 1.54) is 23.2 Å². The van der Waals surface area contributed by atoms with Crippen LogP contribution in [0.2, 0.25) is 0 Å². The quantitative estimate of drug-likeness (QED) is 0.548. The summed E-state index contributed by atoms with van der Waals surface area (Å²) < 4.78 is 40.6. The molecular weight excluding hydrogens is 475 g/mol. The van der Waals surface area contributed by atoms with Gasteiger partial charge >= 0.3 is 11.8 Å². The molecule has 1 aromatic heterocycles. The Morgan fingerprint density at radius 1 is 1.29 bits per heavy atom. The molecule has 2 heterocycles. The number of anilines is 1. The summed E-state index contributed by atoms with van der Waals surface area (Å²) in [4.78, 5) is 38.9. The van der Waals surface area contributed by atoms with Gasteiger partial charge in [0.1, 0.15) is 17.6 Å². The number of nitriles is 1. The van der Waals surface area contributed by atoms with Gasteiger partial charge in [-0.1, -0.05) is 0 Å². The molecule has 0 radical (unpaired) electrons. The van der Waals surface area contributed by atoms with Crippen LogP contribution in [-0.2, 0) is 19.9 Å². The van der Waals surface area contributed by atoms with Crippen molar-refractivity contribution >= 4 is 35.2 Å². The van der Waals surface area contributed by atoms with Crippen LogP contribution < -0.4 is 10.6 Å². The van der Waals surface area contributed by atoms with Gasteiger partial charge in [0.25, 0.3) is 5.92 Å². The number of alkyl halides is 2. The molecule has 3 N–H and O–H groups in total. The zero-order valence-electron chi connectivity index (χ0n) is 17.5. The maximum absolute atomic E-state index is 13.6. The molecule has 2 aromatic rings. The highest BCUT2D eigenvalue weighted by molar-refractivity contribution is 8.00. The molecule has 10 nitrogen and oxygen atoms in total. The highest BCUT2D eigenvalue weighted by atomic mass is 32.2. The number of H-pyrrole nitrogens is 1. The Morgan fingerprint density at radius 2 is 2.06 bits per heavy atom. The van der Waals surface area contributed by atoms with E-state index in [0.29, 0.717) is 0 Å². The van der Waals surface area contributed by atoms with E-state index in [4.69, 9.17) is 5.26 Å². The van der Waals surface area contributed by atoms with Gasteiger partial charge in [-0.25, -0.2) is 13.2 Å².